The third kappa shape index (κ3) is 4.52. The van der Waals surface area contributed by atoms with Crippen molar-refractivity contribution in [3.63, 3.8) is 0 Å². The second-order valence-electron chi connectivity index (χ2n) is 6.53. The van der Waals surface area contributed by atoms with E-state index in [1.807, 2.05) is 31.2 Å². The molecule has 2 N–H and O–H groups in total. The molecule has 0 aliphatic rings. The highest BCUT2D eigenvalue weighted by atomic mass is 32.1. The minimum absolute atomic E-state index is 0.147. The van der Waals surface area contributed by atoms with E-state index in [1.165, 1.54) is 10.9 Å². The van der Waals surface area contributed by atoms with Crippen LogP contribution in [0, 0.1) is 13.8 Å². The molecule has 2 aromatic heterocycles. The number of aromatic nitrogens is 2. The molecule has 3 aromatic rings. The number of fused-ring (bicyclic) bond motifs is 1. The van der Waals surface area contributed by atoms with Crippen molar-refractivity contribution in [2.24, 2.45) is 0 Å². The van der Waals surface area contributed by atoms with Crippen LogP contribution in [0.5, 0.6) is 0 Å². The van der Waals surface area contributed by atoms with Crippen molar-refractivity contribution in [2.45, 2.75) is 20.4 Å². The molecule has 2 heterocycles. The number of anilines is 1. The highest BCUT2D eigenvalue weighted by Gasteiger charge is 2.20. The monoisotopic (exact) mass is 414 g/mol. The summed E-state index contributed by atoms with van der Waals surface area (Å²) in [6.45, 7) is 4.23. The van der Waals surface area contributed by atoms with Gasteiger partial charge in [-0.25, -0.2) is 4.98 Å². The molecule has 1 aromatic carbocycles. The number of rotatable bonds is 7. The largest absolute Gasteiger partial charge is 0.383 e. The topological polar surface area (TPSA) is 102 Å². The first-order valence-corrected chi connectivity index (χ1v) is 9.85. The Kier molecular flexibility index (Phi) is 6.40. The molecule has 8 nitrogen and oxygen atoms in total. The van der Waals surface area contributed by atoms with Gasteiger partial charge < -0.3 is 15.4 Å². The lowest BCUT2D eigenvalue weighted by Crippen LogP contribution is -2.34. The van der Waals surface area contributed by atoms with Crippen molar-refractivity contribution in [3.05, 3.63) is 57.0 Å². The number of nitrogens with one attached hydrogen (secondary N) is 2. The van der Waals surface area contributed by atoms with Gasteiger partial charge in [0.25, 0.3) is 11.5 Å². The Bertz CT molecular complexity index is 1120. The summed E-state index contributed by atoms with van der Waals surface area (Å²) in [6, 6.07) is 7.47. The number of thiophene rings is 1. The van der Waals surface area contributed by atoms with Crippen molar-refractivity contribution in [1.29, 1.82) is 0 Å². The number of carbonyl (C=O) groups is 2. The summed E-state index contributed by atoms with van der Waals surface area (Å²) in [5.74, 6) is -0.598. The van der Waals surface area contributed by atoms with Crippen molar-refractivity contribution < 1.29 is 14.3 Å². The van der Waals surface area contributed by atoms with Gasteiger partial charge in [0.2, 0.25) is 5.91 Å². The van der Waals surface area contributed by atoms with Crippen LogP contribution in [0.3, 0.4) is 0 Å². The Hall–Kier alpha value is -3.04. The van der Waals surface area contributed by atoms with Crippen LogP contribution in [0.25, 0.3) is 10.2 Å². The Morgan fingerprint density at radius 2 is 2.00 bits per heavy atom. The van der Waals surface area contributed by atoms with Gasteiger partial charge in [0.15, 0.2) is 0 Å². The average molecular weight is 414 g/mol. The lowest BCUT2D eigenvalue weighted by atomic mass is 10.2. The molecule has 0 aliphatic carbocycles. The van der Waals surface area contributed by atoms with Crippen LogP contribution in [0.2, 0.25) is 0 Å². The van der Waals surface area contributed by atoms with E-state index in [4.69, 9.17) is 4.74 Å². The van der Waals surface area contributed by atoms with Crippen molar-refractivity contribution in [3.8, 4) is 0 Å². The number of hydrogen-bond acceptors (Lipinski definition) is 6. The molecule has 0 saturated heterocycles. The van der Waals surface area contributed by atoms with Gasteiger partial charge in [-0.15, -0.1) is 11.3 Å². The zero-order valence-corrected chi connectivity index (χ0v) is 17.3. The summed E-state index contributed by atoms with van der Waals surface area (Å²) >= 11 is 1.16. The summed E-state index contributed by atoms with van der Waals surface area (Å²) in [5.41, 5.74) is 1.87. The highest BCUT2D eigenvalue weighted by Crippen LogP contribution is 2.28. The number of hydrogen-bond donors (Lipinski definition) is 2. The number of nitrogens with zero attached hydrogens (tertiary/aromatic N) is 2. The molecule has 29 heavy (non-hydrogen) atoms. The lowest BCUT2D eigenvalue weighted by Gasteiger charge is -2.07. The van der Waals surface area contributed by atoms with E-state index in [0.717, 1.165) is 16.9 Å². The number of aryl methyl sites for hydroxylation is 2. The molecule has 0 unspecified atom stereocenters. The van der Waals surface area contributed by atoms with Gasteiger partial charge in [-0.05, 0) is 31.0 Å². The van der Waals surface area contributed by atoms with Crippen LogP contribution in [-0.4, -0.2) is 41.6 Å². The standard InChI is InChI=1S/C20H22N4O4S/c1-12-6-4-5-7-14(12)23-18(26)17-13(2)16-19(29-17)22-11-24(20(16)27)10-15(25)21-8-9-28-3/h4-7,11H,8-10H2,1-3H3,(H,21,25)(H,23,26). The fraction of sp³-hybridized carbons (Fsp3) is 0.300. The predicted molar refractivity (Wildman–Crippen MR) is 113 cm³/mol. The third-order valence-corrected chi connectivity index (χ3v) is 5.66. The fourth-order valence-electron chi connectivity index (χ4n) is 2.88. The third-order valence-electron chi connectivity index (χ3n) is 4.46. The normalized spacial score (nSPS) is 10.9. The zero-order chi connectivity index (χ0) is 21.0. The summed E-state index contributed by atoms with van der Waals surface area (Å²) in [7, 11) is 1.54. The van der Waals surface area contributed by atoms with Gasteiger partial charge in [0, 0.05) is 19.3 Å². The summed E-state index contributed by atoms with van der Waals surface area (Å²) < 4.78 is 6.13. The maximum atomic E-state index is 12.9. The fourth-order valence-corrected chi connectivity index (χ4v) is 3.92. The van der Waals surface area contributed by atoms with E-state index in [1.54, 1.807) is 14.0 Å². The van der Waals surface area contributed by atoms with Crippen LogP contribution < -0.4 is 16.2 Å². The van der Waals surface area contributed by atoms with E-state index in [2.05, 4.69) is 15.6 Å². The summed E-state index contributed by atoms with van der Waals surface area (Å²) in [5, 5.41) is 5.91. The van der Waals surface area contributed by atoms with E-state index in [0.29, 0.717) is 39.5 Å². The Morgan fingerprint density at radius 1 is 1.24 bits per heavy atom. The molecular formula is C20H22N4O4S. The molecule has 0 fully saturated rings. The van der Waals surface area contributed by atoms with Crippen LogP contribution >= 0.6 is 11.3 Å². The lowest BCUT2D eigenvalue weighted by molar-refractivity contribution is -0.121. The van der Waals surface area contributed by atoms with Crippen LogP contribution in [0.4, 0.5) is 5.69 Å². The Balaban J connectivity index is 1.86. The van der Waals surface area contributed by atoms with Crippen LogP contribution in [-0.2, 0) is 16.1 Å². The Morgan fingerprint density at radius 3 is 2.72 bits per heavy atom. The molecule has 0 radical (unpaired) electrons. The number of para-hydroxylation sites is 1. The summed E-state index contributed by atoms with van der Waals surface area (Å²) in [6.07, 6.45) is 1.33. The van der Waals surface area contributed by atoms with Gasteiger partial charge in [0.1, 0.15) is 11.4 Å². The quantitative estimate of drug-likeness (QED) is 0.577. The van der Waals surface area contributed by atoms with Crippen molar-refractivity contribution in [2.75, 3.05) is 25.6 Å². The van der Waals surface area contributed by atoms with Crippen LogP contribution in [0.1, 0.15) is 20.8 Å². The van der Waals surface area contributed by atoms with Crippen LogP contribution in [0.15, 0.2) is 35.4 Å². The summed E-state index contributed by atoms with van der Waals surface area (Å²) in [4.78, 5) is 42.8. The van der Waals surface area contributed by atoms with E-state index in [-0.39, 0.29) is 23.9 Å². The smallest absolute Gasteiger partial charge is 0.266 e. The van der Waals surface area contributed by atoms with Gasteiger partial charge in [-0.2, -0.15) is 0 Å². The molecule has 0 aliphatic heterocycles. The van der Waals surface area contributed by atoms with E-state index < -0.39 is 0 Å². The zero-order valence-electron chi connectivity index (χ0n) is 16.4. The van der Waals surface area contributed by atoms with Crippen molar-refractivity contribution >= 4 is 39.1 Å². The van der Waals surface area contributed by atoms with Gasteiger partial charge >= 0.3 is 0 Å². The molecular weight excluding hydrogens is 392 g/mol. The molecule has 3 rings (SSSR count). The first-order valence-electron chi connectivity index (χ1n) is 9.03. The molecule has 0 saturated carbocycles. The molecule has 0 bridgehead atoms. The molecule has 2 amide bonds. The maximum Gasteiger partial charge on any atom is 0.266 e. The number of methoxy groups -OCH3 is 1. The molecule has 0 spiro atoms. The second kappa shape index (κ2) is 8.97. The number of carbonyl (C=O) groups excluding carboxylic acids is 2. The predicted octanol–water partition coefficient (Wildman–Crippen LogP) is 2.09. The molecule has 9 heteroatoms. The van der Waals surface area contributed by atoms with E-state index >= 15 is 0 Å². The number of benzene rings is 1. The molecule has 0 atom stereocenters. The minimum Gasteiger partial charge on any atom is -0.383 e. The maximum absolute atomic E-state index is 12.9. The number of ether oxygens (including phenoxy) is 1. The van der Waals surface area contributed by atoms with Gasteiger partial charge in [-0.3, -0.25) is 19.0 Å². The van der Waals surface area contributed by atoms with Crippen molar-refractivity contribution in [1.82, 2.24) is 14.9 Å². The second-order valence-corrected chi connectivity index (χ2v) is 7.52. The first kappa shape index (κ1) is 20.7. The first-order chi connectivity index (χ1) is 13.9. The highest BCUT2D eigenvalue weighted by molar-refractivity contribution is 7.20. The number of amides is 2. The average Bonchev–Trinajstić information content (AvgIpc) is 3.03. The van der Waals surface area contributed by atoms with E-state index in [9.17, 15) is 14.4 Å². The Labute approximate surface area is 171 Å². The van der Waals surface area contributed by atoms with Gasteiger partial charge in [0.05, 0.1) is 23.2 Å². The SMILES string of the molecule is COCCNC(=O)Cn1cnc2sc(C(=O)Nc3ccccc3C)c(C)c2c1=O. The molecule has 152 valence electrons. The minimum atomic E-state index is -0.347. The van der Waals surface area contributed by atoms with Gasteiger partial charge in [-0.1, -0.05) is 18.2 Å².